The molecule has 0 saturated heterocycles. The third-order valence-corrected chi connectivity index (χ3v) is 5.31. The van der Waals surface area contributed by atoms with Crippen LogP contribution in [0.15, 0.2) is 51.2 Å². The number of rotatable bonds is 4. The summed E-state index contributed by atoms with van der Waals surface area (Å²) in [5.74, 6) is 0.865. The summed E-state index contributed by atoms with van der Waals surface area (Å²) in [5.41, 5.74) is 1.79. The highest BCUT2D eigenvalue weighted by atomic mass is 32.2. The van der Waals surface area contributed by atoms with E-state index in [0.29, 0.717) is 16.5 Å². The summed E-state index contributed by atoms with van der Waals surface area (Å²) in [7, 11) is 1.37. The number of carbonyl (C=O) groups is 1. The lowest BCUT2D eigenvalue weighted by atomic mass is 10.2. The van der Waals surface area contributed by atoms with Gasteiger partial charge in [0.15, 0.2) is 5.76 Å². The third kappa shape index (κ3) is 2.80. The molecular formula is C16H13NO3S2. The number of carbonyl (C=O) groups excluding carboxylic acids is 1. The Hall–Kier alpha value is -2.05. The van der Waals surface area contributed by atoms with Gasteiger partial charge in [-0.15, -0.1) is 23.1 Å². The van der Waals surface area contributed by atoms with Gasteiger partial charge < -0.3 is 9.15 Å². The molecule has 0 atom stereocenters. The molecule has 3 aromatic rings. The number of benzene rings is 1. The Kier molecular flexibility index (Phi) is 4.31. The van der Waals surface area contributed by atoms with E-state index in [-0.39, 0.29) is 5.97 Å². The van der Waals surface area contributed by atoms with Crippen LogP contribution >= 0.6 is 23.1 Å². The average molecular weight is 331 g/mol. The second-order valence-corrected chi connectivity index (χ2v) is 6.53. The quantitative estimate of drug-likeness (QED) is 0.517. The van der Waals surface area contributed by atoms with E-state index in [1.807, 2.05) is 36.6 Å². The zero-order valence-corrected chi connectivity index (χ0v) is 13.7. The van der Waals surface area contributed by atoms with Crippen LogP contribution in [-0.2, 0) is 4.74 Å². The summed E-state index contributed by atoms with van der Waals surface area (Å²) in [4.78, 5) is 16.6. The SMILES string of the molecule is COC(=O)c1cc(-c2ncc(-c3ccccc3)o2)c(SC)s1. The van der Waals surface area contributed by atoms with E-state index in [1.54, 1.807) is 24.0 Å². The van der Waals surface area contributed by atoms with E-state index >= 15 is 0 Å². The van der Waals surface area contributed by atoms with Crippen molar-refractivity contribution in [2.75, 3.05) is 13.4 Å². The largest absolute Gasteiger partial charge is 0.465 e. The Bertz CT molecular complexity index is 793. The predicted octanol–water partition coefficient (Wildman–Crippen LogP) is 4.58. The minimum absolute atomic E-state index is 0.346. The van der Waals surface area contributed by atoms with Crippen molar-refractivity contribution in [3.05, 3.63) is 47.5 Å². The van der Waals surface area contributed by atoms with Crippen LogP contribution in [-0.4, -0.2) is 24.3 Å². The van der Waals surface area contributed by atoms with Crippen LogP contribution in [0, 0.1) is 0 Å². The second kappa shape index (κ2) is 6.37. The van der Waals surface area contributed by atoms with Crippen LogP contribution in [0.4, 0.5) is 0 Å². The van der Waals surface area contributed by atoms with Gasteiger partial charge in [-0.25, -0.2) is 9.78 Å². The normalized spacial score (nSPS) is 10.6. The first kappa shape index (κ1) is 14.9. The summed E-state index contributed by atoms with van der Waals surface area (Å²) >= 11 is 2.94. The smallest absolute Gasteiger partial charge is 0.348 e. The highest BCUT2D eigenvalue weighted by Gasteiger charge is 2.19. The average Bonchev–Trinajstić information content (AvgIpc) is 3.21. The van der Waals surface area contributed by atoms with E-state index < -0.39 is 0 Å². The minimum atomic E-state index is -0.346. The van der Waals surface area contributed by atoms with Gasteiger partial charge in [0.05, 0.1) is 23.1 Å². The highest BCUT2D eigenvalue weighted by molar-refractivity contribution is 8.00. The molecule has 1 aromatic carbocycles. The molecule has 0 unspecified atom stereocenters. The molecule has 2 aromatic heterocycles. The molecular weight excluding hydrogens is 318 g/mol. The molecule has 0 bridgehead atoms. The highest BCUT2D eigenvalue weighted by Crippen LogP contribution is 2.38. The summed E-state index contributed by atoms with van der Waals surface area (Å²) < 4.78 is 11.6. The molecule has 0 aliphatic rings. The van der Waals surface area contributed by atoms with Crippen molar-refractivity contribution in [3.8, 4) is 22.8 Å². The van der Waals surface area contributed by atoms with Crippen molar-refractivity contribution in [2.45, 2.75) is 4.21 Å². The van der Waals surface area contributed by atoms with Crippen molar-refractivity contribution in [2.24, 2.45) is 0 Å². The summed E-state index contributed by atoms with van der Waals surface area (Å²) in [6.45, 7) is 0. The van der Waals surface area contributed by atoms with Crippen molar-refractivity contribution in [1.82, 2.24) is 4.98 Å². The molecule has 0 radical (unpaired) electrons. The van der Waals surface area contributed by atoms with Gasteiger partial charge in [-0.1, -0.05) is 30.3 Å². The van der Waals surface area contributed by atoms with Crippen molar-refractivity contribution in [1.29, 1.82) is 0 Å². The molecule has 3 rings (SSSR count). The zero-order chi connectivity index (χ0) is 15.5. The van der Waals surface area contributed by atoms with Crippen molar-refractivity contribution < 1.29 is 13.9 Å². The van der Waals surface area contributed by atoms with Crippen LogP contribution in [0.3, 0.4) is 0 Å². The van der Waals surface area contributed by atoms with Gasteiger partial charge in [0.2, 0.25) is 5.89 Å². The number of thioether (sulfide) groups is 1. The van der Waals surface area contributed by atoms with Gasteiger partial charge in [0, 0.05) is 5.56 Å². The Morgan fingerprint density at radius 1 is 1.32 bits per heavy atom. The summed E-state index contributed by atoms with van der Waals surface area (Å²) in [6.07, 6.45) is 3.65. The second-order valence-electron chi connectivity index (χ2n) is 4.40. The molecule has 0 amide bonds. The van der Waals surface area contributed by atoms with Crippen molar-refractivity contribution in [3.63, 3.8) is 0 Å². The molecule has 4 nitrogen and oxygen atoms in total. The Balaban J connectivity index is 2.00. The fourth-order valence-electron chi connectivity index (χ4n) is 2.01. The van der Waals surface area contributed by atoms with Crippen LogP contribution in [0.25, 0.3) is 22.8 Å². The number of nitrogens with zero attached hydrogens (tertiary/aromatic N) is 1. The topological polar surface area (TPSA) is 52.3 Å². The number of methoxy groups -OCH3 is 1. The van der Waals surface area contributed by atoms with E-state index in [9.17, 15) is 4.79 Å². The maximum absolute atomic E-state index is 11.7. The van der Waals surface area contributed by atoms with Gasteiger partial charge in [-0.3, -0.25) is 0 Å². The predicted molar refractivity (Wildman–Crippen MR) is 88.4 cm³/mol. The van der Waals surface area contributed by atoms with Crippen molar-refractivity contribution >= 4 is 29.1 Å². The molecule has 0 saturated carbocycles. The number of ether oxygens (including phenoxy) is 1. The molecule has 0 spiro atoms. The van der Waals surface area contributed by atoms with Crippen LogP contribution in [0.2, 0.25) is 0 Å². The Morgan fingerprint density at radius 3 is 2.77 bits per heavy atom. The molecule has 6 heteroatoms. The number of hydrogen-bond donors (Lipinski definition) is 0. The van der Waals surface area contributed by atoms with Crippen LogP contribution < -0.4 is 0 Å². The fraction of sp³-hybridized carbons (Fsp3) is 0.125. The lowest BCUT2D eigenvalue weighted by Gasteiger charge is -1.96. The maximum Gasteiger partial charge on any atom is 0.348 e. The number of thiophene rings is 1. The molecule has 0 aliphatic heterocycles. The van der Waals surface area contributed by atoms with Gasteiger partial charge >= 0.3 is 5.97 Å². The van der Waals surface area contributed by atoms with E-state index in [0.717, 1.165) is 15.3 Å². The fourth-order valence-corrected chi connectivity index (χ4v) is 3.78. The first-order valence-electron chi connectivity index (χ1n) is 6.50. The Labute approximate surface area is 136 Å². The molecule has 0 N–H and O–H groups in total. The first-order valence-corrected chi connectivity index (χ1v) is 8.55. The molecule has 0 fully saturated rings. The van der Waals surface area contributed by atoms with Gasteiger partial charge in [0.25, 0.3) is 0 Å². The number of aromatic nitrogens is 1. The lowest BCUT2D eigenvalue weighted by molar-refractivity contribution is 0.0606. The van der Waals surface area contributed by atoms with Crippen LogP contribution in [0.1, 0.15) is 9.67 Å². The van der Waals surface area contributed by atoms with Gasteiger partial charge in [-0.2, -0.15) is 0 Å². The summed E-state index contributed by atoms with van der Waals surface area (Å²) in [5, 5.41) is 0. The maximum atomic E-state index is 11.7. The van der Waals surface area contributed by atoms with Gasteiger partial charge in [0.1, 0.15) is 4.88 Å². The Morgan fingerprint density at radius 2 is 2.09 bits per heavy atom. The molecule has 112 valence electrons. The molecule has 2 heterocycles. The summed E-state index contributed by atoms with van der Waals surface area (Å²) in [6, 6.07) is 11.5. The van der Waals surface area contributed by atoms with Crippen LogP contribution in [0.5, 0.6) is 0 Å². The third-order valence-electron chi connectivity index (χ3n) is 3.06. The zero-order valence-electron chi connectivity index (χ0n) is 12.0. The first-order chi connectivity index (χ1) is 10.7. The molecule has 0 aliphatic carbocycles. The van der Waals surface area contributed by atoms with Gasteiger partial charge in [-0.05, 0) is 12.3 Å². The van der Waals surface area contributed by atoms with E-state index in [2.05, 4.69) is 4.98 Å². The monoisotopic (exact) mass is 331 g/mol. The number of hydrogen-bond acceptors (Lipinski definition) is 6. The lowest BCUT2D eigenvalue weighted by Crippen LogP contribution is -1.96. The molecule has 22 heavy (non-hydrogen) atoms. The number of oxazole rings is 1. The standard InChI is InChI=1S/C16H13NO3S2/c1-19-15(18)13-8-11(16(21-2)22-13)14-17-9-12(20-14)10-6-4-3-5-7-10/h3-9H,1-2H3. The number of esters is 1. The van der Waals surface area contributed by atoms with E-state index in [4.69, 9.17) is 9.15 Å². The van der Waals surface area contributed by atoms with E-state index in [1.165, 1.54) is 18.4 Å². The minimum Gasteiger partial charge on any atom is -0.465 e.